The Labute approximate surface area is 625 Å². The van der Waals surface area contributed by atoms with Crippen molar-refractivity contribution in [2.75, 3.05) is 0 Å². The number of aliphatic imine (C=N–C) groups is 2. The van der Waals surface area contributed by atoms with E-state index in [2.05, 4.69) is 113 Å². The van der Waals surface area contributed by atoms with Gasteiger partial charge in [-0.3, -0.25) is 4.99 Å². The van der Waals surface area contributed by atoms with Gasteiger partial charge in [-0.1, -0.05) is 487 Å². The second kappa shape index (κ2) is 78.6. The molecular weight excluding hydrogens is 1230 g/mol. The summed E-state index contributed by atoms with van der Waals surface area (Å²) in [5, 5.41) is 0. The molecule has 0 spiro atoms. The van der Waals surface area contributed by atoms with Gasteiger partial charge >= 0.3 is 0 Å². The third-order valence-electron chi connectivity index (χ3n) is 21.1. The van der Waals surface area contributed by atoms with Crippen LogP contribution in [0.4, 0.5) is 11.4 Å². The van der Waals surface area contributed by atoms with Crippen LogP contribution in [0.1, 0.15) is 495 Å². The normalized spacial score (nSPS) is 12.2. The van der Waals surface area contributed by atoms with E-state index in [1.165, 1.54) is 435 Å². The van der Waals surface area contributed by atoms with E-state index in [1.807, 2.05) is 0 Å². The van der Waals surface area contributed by atoms with Crippen LogP contribution < -0.4 is 0 Å². The van der Waals surface area contributed by atoms with Gasteiger partial charge in [-0.05, 0) is 92.8 Å². The molecule has 0 N–H and O–H groups in total. The predicted molar refractivity (Wildman–Crippen MR) is 445 cm³/mol. The molecule has 0 saturated carbocycles. The molecule has 0 bridgehead atoms. The summed E-state index contributed by atoms with van der Waals surface area (Å²) in [6, 6.07) is 18.1. The number of rotatable bonds is 77. The van der Waals surface area contributed by atoms with E-state index in [9.17, 15) is 0 Å². The first-order valence-corrected chi connectivity index (χ1v) is 44.6. The Hall–Kier alpha value is -2.51. The third kappa shape index (κ3) is 65.5. The van der Waals surface area contributed by atoms with Crippen LogP contribution in [0, 0.1) is 0 Å². The molecule has 0 unspecified atom stereocenters. The molecule has 0 fully saturated rings. The SMILES string of the molecule is CCCCCCCCCCCCCCCCC=CC(=Nc1cccc(C=CCCCCCCCCCCCCCCCCCCCCC)c1)C(CCCCCCCCCCCCCCCCC)=Nc1cccc(C=CCCCCCCCCCCCCCCCCCCCCC)c1.[Ni]. The Morgan fingerprint density at radius 3 is 0.714 bits per heavy atom. The van der Waals surface area contributed by atoms with Crippen LogP contribution in [0.2, 0.25) is 0 Å². The maximum Gasteiger partial charge on any atom is 0.0848 e. The summed E-state index contributed by atoms with van der Waals surface area (Å²) in [6.07, 6.45) is 113. The van der Waals surface area contributed by atoms with Gasteiger partial charge in [-0.25, -0.2) is 4.99 Å². The van der Waals surface area contributed by atoms with E-state index in [0.717, 1.165) is 54.9 Å². The van der Waals surface area contributed by atoms with Gasteiger partial charge < -0.3 is 0 Å². The molecule has 2 aromatic rings. The molecule has 0 amide bonds. The summed E-state index contributed by atoms with van der Waals surface area (Å²) >= 11 is 0. The number of allylic oxidation sites excluding steroid dienone is 4. The number of nitrogens with zero attached hydrogens (tertiary/aromatic N) is 2. The zero-order valence-corrected chi connectivity index (χ0v) is 67.5. The summed E-state index contributed by atoms with van der Waals surface area (Å²) in [7, 11) is 0. The van der Waals surface area contributed by atoms with Gasteiger partial charge in [0.25, 0.3) is 0 Å². The van der Waals surface area contributed by atoms with Crippen LogP contribution in [0.15, 0.2) is 82.8 Å². The molecule has 2 aromatic carbocycles. The van der Waals surface area contributed by atoms with Crippen LogP contribution in [0.3, 0.4) is 0 Å². The third-order valence-corrected chi connectivity index (χ3v) is 21.1. The minimum Gasteiger partial charge on any atom is -0.251 e. The number of benzene rings is 2. The first kappa shape index (κ1) is 93.5. The Bertz CT molecular complexity index is 2060. The van der Waals surface area contributed by atoms with E-state index in [0.29, 0.717) is 0 Å². The minimum atomic E-state index is 0. The van der Waals surface area contributed by atoms with Crippen LogP contribution in [0.5, 0.6) is 0 Å². The molecule has 0 atom stereocenters. The summed E-state index contributed by atoms with van der Waals surface area (Å²) in [5.41, 5.74) is 6.81. The standard InChI is InChI=1S/C95H168N2.Ni/c1-5-9-13-17-21-25-29-33-37-40-42-44-46-48-51-54-58-62-66-70-74-80-90-82-78-84-92(88-90)96-94(86-76-72-68-64-60-56-50-36-32-28-24-20-16-12-8-4)95(87-77-73-69-65-61-57-53-39-35-31-27-23-19-15-11-7-3)97-93-85-79-83-91(89-93)81-75-71-67-63-59-55-52-49-47-45-43-41-38-34-30-26-22-18-14-10-6-2;/h74-75,77-85,87-89H,5-73,76,86H2,1-4H3;. The number of hydrogen-bond donors (Lipinski definition) is 0. The molecule has 2 rings (SSSR count). The van der Waals surface area contributed by atoms with Gasteiger partial charge in [-0.15, -0.1) is 0 Å². The van der Waals surface area contributed by atoms with Crippen molar-refractivity contribution in [3.05, 3.63) is 84.0 Å². The molecule has 0 aliphatic heterocycles. The first-order valence-electron chi connectivity index (χ1n) is 44.6. The molecule has 0 aliphatic carbocycles. The Morgan fingerprint density at radius 1 is 0.245 bits per heavy atom. The fourth-order valence-corrected chi connectivity index (χ4v) is 14.6. The van der Waals surface area contributed by atoms with E-state index >= 15 is 0 Å². The van der Waals surface area contributed by atoms with E-state index < -0.39 is 0 Å². The summed E-state index contributed by atoms with van der Waals surface area (Å²) in [4.78, 5) is 11.1. The van der Waals surface area contributed by atoms with Crippen LogP contribution >= 0.6 is 0 Å². The average molecular weight is 1400 g/mol. The van der Waals surface area contributed by atoms with Gasteiger partial charge in [0.15, 0.2) is 0 Å². The molecule has 3 heteroatoms. The van der Waals surface area contributed by atoms with E-state index in [-0.39, 0.29) is 16.5 Å². The average Bonchev–Trinajstić information content (AvgIpc) is 2.19. The van der Waals surface area contributed by atoms with Crippen LogP contribution in [0.25, 0.3) is 12.2 Å². The van der Waals surface area contributed by atoms with Gasteiger partial charge in [0, 0.05) is 16.5 Å². The van der Waals surface area contributed by atoms with Crippen molar-refractivity contribution in [1.29, 1.82) is 0 Å². The van der Waals surface area contributed by atoms with Crippen molar-refractivity contribution in [1.82, 2.24) is 0 Å². The number of unbranched alkanes of at least 4 members (excludes halogenated alkanes) is 66. The smallest absolute Gasteiger partial charge is 0.0848 e. The fraction of sp³-hybridized carbons (Fsp3) is 0.789. The largest absolute Gasteiger partial charge is 0.251 e. The first-order chi connectivity index (χ1) is 48.2. The van der Waals surface area contributed by atoms with Gasteiger partial charge in [0.05, 0.1) is 22.8 Å². The zero-order valence-electron chi connectivity index (χ0n) is 66.5. The maximum atomic E-state index is 5.59. The second-order valence-corrected chi connectivity index (χ2v) is 30.8. The van der Waals surface area contributed by atoms with Gasteiger partial charge in [0.2, 0.25) is 0 Å². The Morgan fingerprint density at radius 2 is 0.459 bits per heavy atom. The van der Waals surface area contributed by atoms with Crippen molar-refractivity contribution in [3.63, 3.8) is 0 Å². The molecule has 0 aromatic heterocycles. The molecule has 0 radical (unpaired) electrons. The van der Waals surface area contributed by atoms with Crippen LogP contribution in [-0.2, 0) is 16.5 Å². The fourth-order valence-electron chi connectivity index (χ4n) is 14.6. The van der Waals surface area contributed by atoms with E-state index in [1.54, 1.807) is 0 Å². The summed E-state index contributed by atoms with van der Waals surface area (Å²) in [5.74, 6) is 0. The molecule has 0 heterocycles. The molecule has 0 aliphatic rings. The van der Waals surface area contributed by atoms with Gasteiger partial charge in [-0.2, -0.15) is 0 Å². The molecule has 0 saturated heterocycles. The molecular formula is C95H168N2Ni. The predicted octanol–water partition coefficient (Wildman–Crippen LogP) is 34.9. The van der Waals surface area contributed by atoms with Crippen molar-refractivity contribution in [3.8, 4) is 0 Å². The second-order valence-electron chi connectivity index (χ2n) is 30.8. The Balaban J connectivity index is 0.0000480. The topological polar surface area (TPSA) is 24.7 Å². The zero-order chi connectivity index (χ0) is 69.0. The van der Waals surface area contributed by atoms with Crippen molar-refractivity contribution >= 4 is 35.0 Å². The van der Waals surface area contributed by atoms with Crippen molar-refractivity contribution < 1.29 is 16.5 Å². The van der Waals surface area contributed by atoms with Crippen LogP contribution in [-0.4, -0.2) is 11.4 Å². The maximum absolute atomic E-state index is 5.59. The minimum absolute atomic E-state index is 0. The van der Waals surface area contributed by atoms with Crippen molar-refractivity contribution in [2.24, 2.45) is 9.98 Å². The summed E-state index contributed by atoms with van der Waals surface area (Å²) in [6.45, 7) is 9.27. The summed E-state index contributed by atoms with van der Waals surface area (Å²) < 4.78 is 0. The van der Waals surface area contributed by atoms with Gasteiger partial charge in [0.1, 0.15) is 0 Å². The quantitative estimate of drug-likeness (QED) is 0.0358. The Kier molecular flexibility index (Phi) is 75.0. The monoisotopic (exact) mass is 1400 g/mol. The molecule has 98 heavy (non-hydrogen) atoms. The van der Waals surface area contributed by atoms with Crippen molar-refractivity contribution in [2.45, 2.75) is 484 Å². The molecule has 568 valence electrons. The van der Waals surface area contributed by atoms with E-state index in [4.69, 9.17) is 9.98 Å². The molecule has 2 nitrogen and oxygen atoms in total. The number of hydrogen-bond acceptors (Lipinski definition) is 2.